The Hall–Kier alpha value is -4.47. The van der Waals surface area contributed by atoms with Crippen molar-refractivity contribution in [1.82, 2.24) is 0 Å². The number of hydrogen-bond acceptors (Lipinski definition) is 6. The third-order valence-corrected chi connectivity index (χ3v) is 5.99. The number of ether oxygens (including phenoxy) is 3. The molecule has 1 aliphatic rings. The molecule has 0 aromatic heterocycles. The molecule has 0 radical (unpaired) electrons. The largest absolute Gasteiger partial charge is 0.506 e. The van der Waals surface area contributed by atoms with E-state index < -0.39 is 35.2 Å². The minimum Gasteiger partial charge on any atom is -0.506 e. The molecule has 0 bridgehead atoms. The molecule has 0 aliphatic carbocycles. The minimum atomic E-state index is -4.58. The highest BCUT2D eigenvalue weighted by molar-refractivity contribution is 6.51. The van der Waals surface area contributed by atoms with Gasteiger partial charge in [-0.1, -0.05) is 18.2 Å². The van der Waals surface area contributed by atoms with Crippen LogP contribution in [0.1, 0.15) is 22.7 Å². The molecule has 1 unspecified atom stereocenters. The number of nitrogens with zero attached hydrogens (tertiary/aromatic N) is 1. The van der Waals surface area contributed by atoms with Crippen LogP contribution >= 0.6 is 0 Å². The molecule has 192 valence electrons. The molecule has 1 N–H and O–H groups in total. The van der Waals surface area contributed by atoms with Crippen molar-refractivity contribution in [1.29, 1.82) is 0 Å². The number of halogens is 3. The van der Waals surface area contributed by atoms with E-state index in [2.05, 4.69) is 0 Å². The lowest BCUT2D eigenvalue weighted by Crippen LogP contribution is -2.29. The smallest absolute Gasteiger partial charge is 0.416 e. The van der Waals surface area contributed by atoms with E-state index in [0.29, 0.717) is 11.3 Å². The van der Waals surface area contributed by atoms with Crippen LogP contribution in [0.2, 0.25) is 0 Å². The number of rotatable bonds is 6. The minimum absolute atomic E-state index is 0.0361. The van der Waals surface area contributed by atoms with Gasteiger partial charge in [0.1, 0.15) is 28.6 Å². The average Bonchev–Trinajstić information content (AvgIpc) is 3.17. The van der Waals surface area contributed by atoms with Gasteiger partial charge in [-0.2, -0.15) is 13.2 Å². The summed E-state index contributed by atoms with van der Waals surface area (Å²) in [5.41, 5.74) is -0.737. The monoisotopic (exact) mass is 513 g/mol. The molecule has 7 nitrogen and oxygen atoms in total. The van der Waals surface area contributed by atoms with Crippen LogP contribution in [0.15, 0.2) is 72.3 Å². The van der Waals surface area contributed by atoms with Crippen LogP contribution in [-0.2, 0) is 15.8 Å². The second kappa shape index (κ2) is 9.88. The van der Waals surface area contributed by atoms with Crippen LogP contribution in [0, 0.1) is 0 Å². The van der Waals surface area contributed by atoms with Crippen LogP contribution in [0.25, 0.3) is 5.76 Å². The Bertz CT molecular complexity index is 1360. The molecule has 1 fully saturated rings. The topological polar surface area (TPSA) is 85.3 Å². The Balaban J connectivity index is 1.98. The maximum absolute atomic E-state index is 13.4. The van der Waals surface area contributed by atoms with Crippen molar-refractivity contribution < 1.29 is 42.1 Å². The van der Waals surface area contributed by atoms with E-state index in [1.54, 1.807) is 42.5 Å². The third kappa shape index (κ3) is 4.57. The standard InChI is InChI=1S/C27H22F3NO6/c1-35-18-7-4-6-15(14-18)23-22(24(32)21-19(36-2)8-5-9-20(21)37-3)25(33)26(34)31(23)17-12-10-16(11-13-17)27(28,29)30/h4-14,23,32H,1-3H3/b24-22+. The van der Waals surface area contributed by atoms with Crippen LogP contribution < -0.4 is 19.1 Å². The van der Waals surface area contributed by atoms with Gasteiger partial charge < -0.3 is 19.3 Å². The number of alkyl halides is 3. The van der Waals surface area contributed by atoms with E-state index in [1.807, 2.05) is 0 Å². The predicted octanol–water partition coefficient (Wildman–Crippen LogP) is 5.36. The lowest BCUT2D eigenvalue weighted by atomic mass is 9.94. The number of anilines is 1. The fraction of sp³-hybridized carbons (Fsp3) is 0.185. The first-order chi connectivity index (χ1) is 17.6. The van der Waals surface area contributed by atoms with E-state index in [-0.39, 0.29) is 28.3 Å². The van der Waals surface area contributed by atoms with Gasteiger partial charge in [0.15, 0.2) is 0 Å². The van der Waals surface area contributed by atoms with Gasteiger partial charge in [-0.3, -0.25) is 14.5 Å². The molecular formula is C27H22F3NO6. The number of amides is 1. The Labute approximate surface area is 210 Å². The van der Waals surface area contributed by atoms with E-state index in [1.165, 1.54) is 21.3 Å². The van der Waals surface area contributed by atoms with Crippen molar-refractivity contribution in [3.63, 3.8) is 0 Å². The maximum Gasteiger partial charge on any atom is 0.416 e. The number of aliphatic hydroxyl groups is 1. The number of benzene rings is 3. The molecule has 1 amide bonds. The first-order valence-electron chi connectivity index (χ1n) is 11.0. The van der Waals surface area contributed by atoms with E-state index in [9.17, 15) is 27.9 Å². The molecule has 3 aromatic rings. The fourth-order valence-corrected chi connectivity index (χ4v) is 4.26. The first kappa shape index (κ1) is 25.6. The van der Waals surface area contributed by atoms with Gasteiger partial charge in [0, 0.05) is 5.69 Å². The van der Waals surface area contributed by atoms with E-state index in [4.69, 9.17) is 14.2 Å². The van der Waals surface area contributed by atoms with Gasteiger partial charge in [0.2, 0.25) is 0 Å². The summed E-state index contributed by atoms with van der Waals surface area (Å²) in [6.45, 7) is 0. The zero-order valence-electron chi connectivity index (χ0n) is 20.0. The summed E-state index contributed by atoms with van der Waals surface area (Å²) in [6.07, 6.45) is -4.58. The zero-order chi connectivity index (χ0) is 26.9. The van der Waals surface area contributed by atoms with Crippen molar-refractivity contribution in [3.8, 4) is 17.2 Å². The lowest BCUT2D eigenvalue weighted by Gasteiger charge is -2.26. The second-order valence-corrected chi connectivity index (χ2v) is 8.03. The summed E-state index contributed by atoms with van der Waals surface area (Å²) in [7, 11) is 4.17. The van der Waals surface area contributed by atoms with E-state index in [0.717, 1.165) is 29.2 Å². The van der Waals surface area contributed by atoms with Crippen molar-refractivity contribution >= 4 is 23.1 Å². The van der Waals surface area contributed by atoms with Crippen molar-refractivity contribution in [2.45, 2.75) is 12.2 Å². The number of hydrogen-bond donors (Lipinski definition) is 1. The third-order valence-electron chi connectivity index (χ3n) is 5.99. The number of ketones is 1. The highest BCUT2D eigenvalue weighted by atomic mass is 19.4. The number of carbonyl (C=O) groups is 2. The first-order valence-corrected chi connectivity index (χ1v) is 11.0. The average molecular weight is 513 g/mol. The van der Waals surface area contributed by atoms with Crippen LogP contribution in [0.4, 0.5) is 18.9 Å². The Morgan fingerprint density at radius 2 is 1.46 bits per heavy atom. The normalized spacial score (nSPS) is 17.1. The quantitative estimate of drug-likeness (QED) is 0.272. The summed E-state index contributed by atoms with van der Waals surface area (Å²) < 4.78 is 55.4. The SMILES string of the molecule is COc1cccc(C2/C(=C(\O)c3c(OC)cccc3OC)C(=O)C(=O)N2c2ccc(C(F)(F)F)cc2)c1. The molecule has 0 saturated carbocycles. The van der Waals surface area contributed by atoms with Crippen LogP contribution in [-0.4, -0.2) is 38.1 Å². The van der Waals surface area contributed by atoms with Gasteiger partial charge in [0.05, 0.1) is 38.5 Å². The number of aliphatic hydroxyl groups excluding tert-OH is 1. The fourth-order valence-electron chi connectivity index (χ4n) is 4.26. The predicted molar refractivity (Wildman–Crippen MR) is 129 cm³/mol. The van der Waals surface area contributed by atoms with Gasteiger partial charge in [0.25, 0.3) is 11.7 Å². The molecule has 1 atom stereocenters. The summed E-state index contributed by atoms with van der Waals surface area (Å²) in [5.74, 6) is -1.84. The van der Waals surface area contributed by atoms with Crippen LogP contribution in [0.3, 0.4) is 0 Å². The van der Waals surface area contributed by atoms with Crippen molar-refractivity contribution in [2.24, 2.45) is 0 Å². The summed E-state index contributed by atoms with van der Waals surface area (Å²) >= 11 is 0. The number of carbonyl (C=O) groups excluding carboxylic acids is 2. The molecule has 1 aliphatic heterocycles. The van der Waals surface area contributed by atoms with Crippen LogP contribution in [0.5, 0.6) is 17.2 Å². The molecule has 1 heterocycles. The number of Topliss-reactive ketones (excluding diaryl/α,β-unsaturated/α-hetero) is 1. The summed E-state index contributed by atoms with van der Waals surface area (Å²) in [4.78, 5) is 27.7. The Morgan fingerprint density at radius 3 is 2.00 bits per heavy atom. The summed E-state index contributed by atoms with van der Waals surface area (Å²) in [6, 6.07) is 13.8. The van der Waals surface area contributed by atoms with Crippen molar-refractivity contribution in [2.75, 3.05) is 26.2 Å². The zero-order valence-corrected chi connectivity index (χ0v) is 20.0. The molecule has 0 spiro atoms. The van der Waals surface area contributed by atoms with Gasteiger partial charge in [-0.05, 0) is 54.1 Å². The van der Waals surface area contributed by atoms with Gasteiger partial charge >= 0.3 is 6.18 Å². The van der Waals surface area contributed by atoms with Gasteiger partial charge in [-0.25, -0.2) is 0 Å². The van der Waals surface area contributed by atoms with Gasteiger partial charge in [-0.15, -0.1) is 0 Å². The lowest BCUT2D eigenvalue weighted by molar-refractivity contribution is -0.137. The Kier molecular flexibility index (Phi) is 6.84. The highest BCUT2D eigenvalue weighted by Gasteiger charge is 2.47. The second-order valence-electron chi connectivity index (χ2n) is 8.03. The van der Waals surface area contributed by atoms with E-state index >= 15 is 0 Å². The molecule has 10 heteroatoms. The molecular weight excluding hydrogens is 491 g/mol. The molecule has 37 heavy (non-hydrogen) atoms. The number of methoxy groups -OCH3 is 3. The van der Waals surface area contributed by atoms with Crippen molar-refractivity contribution in [3.05, 3.63) is 89.0 Å². The highest BCUT2D eigenvalue weighted by Crippen LogP contribution is 2.46. The summed E-state index contributed by atoms with van der Waals surface area (Å²) in [5, 5.41) is 11.4. The molecule has 3 aromatic carbocycles. The Morgan fingerprint density at radius 1 is 0.865 bits per heavy atom. The molecule has 1 saturated heterocycles. The maximum atomic E-state index is 13.4. The molecule has 4 rings (SSSR count).